The summed E-state index contributed by atoms with van der Waals surface area (Å²) in [6.07, 6.45) is 3.08. The van der Waals surface area contributed by atoms with Gasteiger partial charge in [-0.05, 0) is 66.7 Å². The van der Waals surface area contributed by atoms with E-state index in [4.69, 9.17) is 11.6 Å². The molecule has 2 N–H and O–H groups in total. The second kappa shape index (κ2) is 9.28. The third-order valence-electron chi connectivity index (χ3n) is 4.59. The van der Waals surface area contributed by atoms with Gasteiger partial charge in [-0.1, -0.05) is 17.7 Å². The second-order valence-electron chi connectivity index (χ2n) is 6.80. The maximum absolute atomic E-state index is 12.5. The number of carbonyl (C=O) groups is 2. The molecule has 0 aliphatic carbocycles. The van der Waals surface area contributed by atoms with Crippen molar-refractivity contribution in [3.8, 4) is 5.69 Å². The van der Waals surface area contributed by atoms with E-state index in [-0.39, 0.29) is 23.1 Å². The number of hydrogen-bond acceptors (Lipinski definition) is 4. The molecule has 0 saturated heterocycles. The summed E-state index contributed by atoms with van der Waals surface area (Å²) in [4.78, 5) is 40.6. The van der Waals surface area contributed by atoms with Crippen LogP contribution in [-0.4, -0.2) is 21.4 Å². The summed E-state index contributed by atoms with van der Waals surface area (Å²) in [5.41, 5.74) is 2.34. The summed E-state index contributed by atoms with van der Waals surface area (Å²) in [6.45, 7) is 0. The van der Waals surface area contributed by atoms with Crippen molar-refractivity contribution in [3.05, 3.63) is 118 Å². The molecule has 158 valence electrons. The number of rotatable bonds is 5. The van der Waals surface area contributed by atoms with Crippen LogP contribution in [0.4, 0.5) is 11.4 Å². The minimum atomic E-state index is -0.378. The molecule has 8 heteroatoms. The van der Waals surface area contributed by atoms with Crippen LogP contribution < -0.4 is 16.2 Å². The number of nitrogens with one attached hydrogen (secondary N) is 2. The van der Waals surface area contributed by atoms with E-state index in [1.807, 2.05) is 0 Å². The van der Waals surface area contributed by atoms with Crippen LogP contribution in [-0.2, 0) is 0 Å². The summed E-state index contributed by atoms with van der Waals surface area (Å²) >= 11 is 5.78. The zero-order chi connectivity index (χ0) is 22.5. The molecule has 2 aromatic carbocycles. The van der Waals surface area contributed by atoms with Gasteiger partial charge in [0.25, 0.3) is 17.4 Å². The molecular formula is C24H17ClN4O3. The Hall–Kier alpha value is -4.23. The highest BCUT2D eigenvalue weighted by molar-refractivity contribution is 6.30. The Balaban J connectivity index is 1.39. The van der Waals surface area contributed by atoms with Gasteiger partial charge in [-0.15, -0.1) is 0 Å². The zero-order valence-corrected chi connectivity index (χ0v) is 17.4. The van der Waals surface area contributed by atoms with E-state index in [0.29, 0.717) is 27.6 Å². The lowest BCUT2D eigenvalue weighted by Crippen LogP contribution is -2.16. The molecule has 2 heterocycles. The quantitative estimate of drug-likeness (QED) is 0.477. The Labute approximate surface area is 188 Å². The highest BCUT2D eigenvalue weighted by Crippen LogP contribution is 2.16. The molecule has 2 amide bonds. The van der Waals surface area contributed by atoms with Gasteiger partial charge < -0.3 is 10.6 Å². The fraction of sp³-hybridized carbons (Fsp3) is 0. The van der Waals surface area contributed by atoms with Gasteiger partial charge in [0, 0.05) is 41.1 Å². The first-order valence-corrected chi connectivity index (χ1v) is 10.00. The molecule has 0 bridgehead atoms. The maximum atomic E-state index is 12.5. The monoisotopic (exact) mass is 444 g/mol. The molecule has 32 heavy (non-hydrogen) atoms. The zero-order valence-electron chi connectivity index (χ0n) is 16.7. The van der Waals surface area contributed by atoms with Crippen LogP contribution in [0.25, 0.3) is 5.69 Å². The Bertz CT molecular complexity index is 1320. The van der Waals surface area contributed by atoms with E-state index in [0.717, 1.165) is 0 Å². The number of hydrogen-bond donors (Lipinski definition) is 2. The Morgan fingerprint density at radius 3 is 2.06 bits per heavy atom. The normalized spacial score (nSPS) is 10.4. The van der Waals surface area contributed by atoms with Gasteiger partial charge in [0.05, 0.1) is 5.02 Å². The summed E-state index contributed by atoms with van der Waals surface area (Å²) in [5, 5.41) is 5.97. The van der Waals surface area contributed by atoms with E-state index < -0.39 is 0 Å². The van der Waals surface area contributed by atoms with Crippen molar-refractivity contribution in [2.24, 2.45) is 0 Å². The number of halogens is 1. The van der Waals surface area contributed by atoms with Crippen molar-refractivity contribution in [2.75, 3.05) is 10.6 Å². The average Bonchev–Trinajstić information content (AvgIpc) is 2.81. The molecule has 4 rings (SSSR count). The van der Waals surface area contributed by atoms with Gasteiger partial charge in [0.2, 0.25) is 0 Å². The first-order chi connectivity index (χ1) is 15.5. The summed E-state index contributed by atoms with van der Waals surface area (Å²) in [6, 6.07) is 21.5. The molecule has 0 spiro atoms. The predicted octanol–water partition coefficient (Wildman–Crippen LogP) is 4.39. The minimum absolute atomic E-state index is 0.136. The Kier molecular flexibility index (Phi) is 6.10. The summed E-state index contributed by atoms with van der Waals surface area (Å²) < 4.78 is 1.51. The minimum Gasteiger partial charge on any atom is -0.322 e. The first kappa shape index (κ1) is 21.0. The molecule has 0 atom stereocenters. The number of aromatic nitrogens is 2. The standard InChI is InChI=1S/C24H17ClN4O3/c25-17-6-13-21(26-15-17)24(32)28-18-7-4-16(5-8-18)23(31)27-19-9-11-20(12-10-19)29-14-2-1-3-22(29)30/h1-15H,(H,27,31)(H,28,32). The van der Waals surface area contributed by atoms with E-state index >= 15 is 0 Å². The molecule has 4 aromatic rings. The van der Waals surface area contributed by atoms with Crippen molar-refractivity contribution in [3.63, 3.8) is 0 Å². The molecule has 0 aliphatic rings. The van der Waals surface area contributed by atoms with Gasteiger partial charge in [-0.25, -0.2) is 4.98 Å². The van der Waals surface area contributed by atoms with E-state index in [1.54, 1.807) is 72.9 Å². The smallest absolute Gasteiger partial charge is 0.274 e. The van der Waals surface area contributed by atoms with Gasteiger partial charge in [0.15, 0.2) is 0 Å². The van der Waals surface area contributed by atoms with Crippen LogP contribution >= 0.6 is 11.6 Å². The fourth-order valence-electron chi connectivity index (χ4n) is 2.96. The first-order valence-electron chi connectivity index (χ1n) is 9.62. The van der Waals surface area contributed by atoms with Gasteiger partial charge >= 0.3 is 0 Å². The fourth-order valence-corrected chi connectivity index (χ4v) is 3.07. The van der Waals surface area contributed by atoms with Gasteiger partial charge in [-0.3, -0.25) is 19.0 Å². The molecule has 0 unspecified atom stereocenters. The van der Waals surface area contributed by atoms with Crippen molar-refractivity contribution in [1.29, 1.82) is 0 Å². The Morgan fingerprint density at radius 1 is 0.781 bits per heavy atom. The molecule has 0 fully saturated rings. The highest BCUT2D eigenvalue weighted by atomic mass is 35.5. The third kappa shape index (κ3) is 4.91. The SMILES string of the molecule is O=C(Nc1ccc(-n2ccccc2=O)cc1)c1ccc(NC(=O)c2ccc(Cl)cn2)cc1. The topological polar surface area (TPSA) is 93.1 Å². The van der Waals surface area contributed by atoms with Gasteiger partial charge in [-0.2, -0.15) is 0 Å². The molecule has 2 aromatic heterocycles. The number of nitrogens with zero attached hydrogens (tertiary/aromatic N) is 2. The van der Waals surface area contributed by atoms with Crippen molar-refractivity contribution in [1.82, 2.24) is 9.55 Å². The number of anilines is 2. The van der Waals surface area contributed by atoms with Crippen LogP contribution in [0.2, 0.25) is 5.02 Å². The lowest BCUT2D eigenvalue weighted by atomic mass is 10.2. The Morgan fingerprint density at radius 2 is 1.44 bits per heavy atom. The number of carbonyl (C=O) groups excluding carboxylic acids is 2. The van der Waals surface area contributed by atoms with Crippen molar-refractivity contribution >= 4 is 34.8 Å². The summed E-state index contributed by atoms with van der Waals surface area (Å²) in [7, 11) is 0. The molecular weight excluding hydrogens is 428 g/mol. The van der Waals surface area contributed by atoms with Crippen LogP contribution in [0.1, 0.15) is 20.8 Å². The number of pyridine rings is 2. The number of amides is 2. The lowest BCUT2D eigenvalue weighted by Gasteiger charge is -2.09. The highest BCUT2D eigenvalue weighted by Gasteiger charge is 2.10. The molecule has 0 saturated carbocycles. The van der Waals surface area contributed by atoms with Crippen LogP contribution in [0.3, 0.4) is 0 Å². The largest absolute Gasteiger partial charge is 0.322 e. The van der Waals surface area contributed by atoms with Gasteiger partial charge in [0.1, 0.15) is 5.69 Å². The molecule has 0 aliphatic heterocycles. The van der Waals surface area contributed by atoms with E-state index in [1.165, 1.54) is 22.9 Å². The van der Waals surface area contributed by atoms with Crippen molar-refractivity contribution < 1.29 is 9.59 Å². The van der Waals surface area contributed by atoms with Crippen LogP contribution in [0, 0.1) is 0 Å². The lowest BCUT2D eigenvalue weighted by molar-refractivity contribution is 0.101. The van der Waals surface area contributed by atoms with Crippen LogP contribution in [0.15, 0.2) is 96.1 Å². The average molecular weight is 445 g/mol. The second-order valence-corrected chi connectivity index (χ2v) is 7.24. The van der Waals surface area contributed by atoms with Crippen molar-refractivity contribution in [2.45, 2.75) is 0 Å². The van der Waals surface area contributed by atoms with E-state index in [9.17, 15) is 14.4 Å². The maximum Gasteiger partial charge on any atom is 0.274 e. The molecule has 0 radical (unpaired) electrons. The van der Waals surface area contributed by atoms with E-state index in [2.05, 4.69) is 15.6 Å². The van der Waals surface area contributed by atoms with Crippen LogP contribution in [0.5, 0.6) is 0 Å². The summed E-state index contributed by atoms with van der Waals surface area (Å²) in [5.74, 6) is -0.677. The number of benzene rings is 2. The third-order valence-corrected chi connectivity index (χ3v) is 4.81. The molecule has 7 nitrogen and oxygen atoms in total. The predicted molar refractivity (Wildman–Crippen MR) is 124 cm³/mol.